The molecule has 0 amide bonds. The average molecular weight is 379 g/mol. The van der Waals surface area contributed by atoms with Gasteiger partial charge in [0.05, 0.1) is 14.8 Å². The second kappa shape index (κ2) is 7.62. The van der Waals surface area contributed by atoms with Crippen LogP contribution in [0, 0.1) is 30.3 Å². The van der Waals surface area contributed by atoms with Gasteiger partial charge in [0.25, 0.3) is 17.1 Å². The van der Waals surface area contributed by atoms with Crippen molar-refractivity contribution in [2.75, 3.05) is 0 Å². The second-order valence-electron chi connectivity index (χ2n) is 5.99. The van der Waals surface area contributed by atoms with Gasteiger partial charge in [0, 0.05) is 42.3 Å². The summed E-state index contributed by atoms with van der Waals surface area (Å²) in [6, 6.07) is 17.7. The third kappa shape index (κ3) is 3.83. The van der Waals surface area contributed by atoms with E-state index >= 15 is 0 Å². The second-order valence-corrected chi connectivity index (χ2v) is 5.99. The standard InChI is InChI=1S/C19H13N3O6/c23-20(24)16-9-7-13(8-10-16)19(14-3-1-5-17(11-14)21(25)26)15-4-2-6-18(12-15)22(27)28/h1-12,19H. The van der Waals surface area contributed by atoms with E-state index < -0.39 is 20.7 Å². The Morgan fingerprint density at radius 3 is 1.36 bits per heavy atom. The van der Waals surface area contributed by atoms with Gasteiger partial charge in [-0.25, -0.2) is 0 Å². The molecule has 28 heavy (non-hydrogen) atoms. The molecule has 3 aromatic carbocycles. The van der Waals surface area contributed by atoms with Gasteiger partial charge in [-0.2, -0.15) is 0 Å². The highest BCUT2D eigenvalue weighted by atomic mass is 16.6. The summed E-state index contributed by atoms with van der Waals surface area (Å²) >= 11 is 0. The Balaban J connectivity index is 2.17. The highest BCUT2D eigenvalue weighted by Gasteiger charge is 2.22. The molecule has 3 rings (SSSR count). The molecular formula is C19H13N3O6. The third-order valence-electron chi connectivity index (χ3n) is 4.27. The van der Waals surface area contributed by atoms with Crippen molar-refractivity contribution < 1.29 is 14.8 Å². The molecule has 0 bridgehead atoms. The van der Waals surface area contributed by atoms with Crippen LogP contribution in [0.15, 0.2) is 72.8 Å². The molecule has 0 aliphatic heterocycles. The molecule has 9 heteroatoms. The Bertz CT molecular complexity index is 1010. The summed E-state index contributed by atoms with van der Waals surface area (Å²) in [5.74, 6) is -0.569. The van der Waals surface area contributed by atoms with E-state index in [2.05, 4.69) is 0 Å². The molecule has 0 fully saturated rings. The van der Waals surface area contributed by atoms with Crippen LogP contribution < -0.4 is 0 Å². The maximum absolute atomic E-state index is 11.2. The summed E-state index contributed by atoms with van der Waals surface area (Å²) in [5, 5.41) is 33.2. The van der Waals surface area contributed by atoms with E-state index in [-0.39, 0.29) is 17.1 Å². The van der Waals surface area contributed by atoms with Gasteiger partial charge in [0.15, 0.2) is 0 Å². The number of benzene rings is 3. The maximum atomic E-state index is 11.2. The zero-order valence-corrected chi connectivity index (χ0v) is 14.3. The Hall–Kier alpha value is -4.14. The van der Waals surface area contributed by atoms with Crippen LogP contribution in [-0.4, -0.2) is 14.8 Å². The summed E-state index contributed by atoms with van der Waals surface area (Å²) in [5.41, 5.74) is 1.38. The number of hydrogen-bond acceptors (Lipinski definition) is 6. The van der Waals surface area contributed by atoms with Crippen molar-refractivity contribution in [1.29, 1.82) is 0 Å². The number of rotatable bonds is 6. The smallest absolute Gasteiger partial charge is 0.258 e. The van der Waals surface area contributed by atoms with Gasteiger partial charge in [0.1, 0.15) is 0 Å². The van der Waals surface area contributed by atoms with Crippen molar-refractivity contribution in [2.45, 2.75) is 5.92 Å². The SMILES string of the molecule is O=[N+]([O-])c1ccc(C(c2cccc([N+](=O)[O-])c2)c2cccc([N+](=O)[O-])c2)cc1. The van der Waals surface area contributed by atoms with Crippen LogP contribution in [0.2, 0.25) is 0 Å². The molecule has 0 aliphatic carbocycles. The van der Waals surface area contributed by atoms with Crippen molar-refractivity contribution in [1.82, 2.24) is 0 Å². The first-order valence-electron chi connectivity index (χ1n) is 8.10. The lowest BCUT2D eigenvalue weighted by atomic mass is 9.84. The highest BCUT2D eigenvalue weighted by molar-refractivity contribution is 5.50. The Morgan fingerprint density at radius 1 is 0.536 bits per heavy atom. The minimum atomic E-state index is -0.569. The lowest BCUT2D eigenvalue weighted by Gasteiger charge is -2.18. The Kier molecular flexibility index (Phi) is 5.07. The van der Waals surface area contributed by atoms with Crippen molar-refractivity contribution in [3.05, 3.63) is 120 Å². The first-order valence-corrected chi connectivity index (χ1v) is 8.10. The first-order chi connectivity index (χ1) is 13.4. The van der Waals surface area contributed by atoms with Crippen LogP contribution in [0.4, 0.5) is 17.1 Å². The van der Waals surface area contributed by atoms with Gasteiger partial charge in [-0.3, -0.25) is 30.3 Å². The normalized spacial score (nSPS) is 10.6. The number of hydrogen-bond donors (Lipinski definition) is 0. The summed E-state index contributed by atoms with van der Waals surface area (Å²) in [7, 11) is 0. The van der Waals surface area contributed by atoms with Gasteiger partial charge in [-0.1, -0.05) is 36.4 Å². The first kappa shape index (κ1) is 18.6. The zero-order valence-electron chi connectivity index (χ0n) is 14.3. The molecule has 140 valence electrons. The predicted octanol–water partition coefficient (Wildman–Crippen LogP) is 4.59. The molecule has 3 aromatic rings. The molecule has 9 nitrogen and oxygen atoms in total. The van der Waals surface area contributed by atoms with Crippen LogP contribution in [0.1, 0.15) is 22.6 Å². The molecule has 0 radical (unpaired) electrons. The van der Waals surface area contributed by atoms with E-state index in [4.69, 9.17) is 0 Å². The lowest BCUT2D eigenvalue weighted by molar-refractivity contribution is -0.385. The number of nitro groups is 3. The zero-order chi connectivity index (χ0) is 20.3. The summed E-state index contributed by atoms with van der Waals surface area (Å²) in [4.78, 5) is 31.6. The Morgan fingerprint density at radius 2 is 0.964 bits per heavy atom. The molecule has 0 saturated carbocycles. The minimum absolute atomic E-state index is 0.0967. The molecule has 0 aliphatic rings. The van der Waals surface area contributed by atoms with E-state index in [0.717, 1.165) is 0 Å². The summed E-state index contributed by atoms with van der Waals surface area (Å²) in [6.45, 7) is 0. The summed E-state index contributed by atoms with van der Waals surface area (Å²) in [6.07, 6.45) is 0. The van der Waals surface area contributed by atoms with Crippen molar-refractivity contribution >= 4 is 17.1 Å². The maximum Gasteiger partial charge on any atom is 0.269 e. The van der Waals surface area contributed by atoms with E-state index in [1.807, 2.05) is 0 Å². The average Bonchev–Trinajstić information content (AvgIpc) is 2.69. The van der Waals surface area contributed by atoms with Gasteiger partial charge in [-0.15, -0.1) is 0 Å². The quantitative estimate of drug-likeness (QED) is 0.350. The lowest BCUT2D eigenvalue weighted by Crippen LogP contribution is -2.05. The van der Waals surface area contributed by atoms with Crippen molar-refractivity contribution in [2.24, 2.45) is 0 Å². The molecule has 0 N–H and O–H groups in total. The molecule has 0 unspecified atom stereocenters. The van der Waals surface area contributed by atoms with Crippen molar-refractivity contribution in [3.8, 4) is 0 Å². The highest BCUT2D eigenvalue weighted by Crippen LogP contribution is 2.35. The third-order valence-corrected chi connectivity index (χ3v) is 4.27. The van der Waals surface area contributed by atoms with E-state index in [1.165, 1.54) is 48.5 Å². The largest absolute Gasteiger partial charge is 0.269 e. The number of non-ortho nitro benzene ring substituents is 3. The van der Waals surface area contributed by atoms with Crippen LogP contribution in [0.25, 0.3) is 0 Å². The van der Waals surface area contributed by atoms with E-state index in [9.17, 15) is 30.3 Å². The molecule has 0 saturated heterocycles. The number of nitro benzene ring substituents is 3. The van der Waals surface area contributed by atoms with E-state index in [1.54, 1.807) is 24.3 Å². The van der Waals surface area contributed by atoms with Crippen LogP contribution in [0.5, 0.6) is 0 Å². The number of nitrogens with zero attached hydrogens (tertiary/aromatic N) is 3. The molecular weight excluding hydrogens is 366 g/mol. The van der Waals surface area contributed by atoms with Crippen LogP contribution in [-0.2, 0) is 0 Å². The fourth-order valence-electron chi connectivity index (χ4n) is 3.00. The molecule has 0 aromatic heterocycles. The molecule has 0 atom stereocenters. The monoisotopic (exact) mass is 379 g/mol. The van der Waals surface area contributed by atoms with Crippen LogP contribution in [0.3, 0.4) is 0 Å². The predicted molar refractivity (Wildman–Crippen MR) is 100 cm³/mol. The fourth-order valence-corrected chi connectivity index (χ4v) is 3.00. The minimum Gasteiger partial charge on any atom is -0.258 e. The van der Waals surface area contributed by atoms with E-state index in [0.29, 0.717) is 16.7 Å². The fraction of sp³-hybridized carbons (Fsp3) is 0.0526. The summed E-state index contributed by atoms with van der Waals surface area (Å²) < 4.78 is 0. The van der Waals surface area contributed by atoms with Gasteiger partial charge in [0.2, 0.25) is 0 Å². The Labute approximate surface area is 158 Å². The molecule has 0 heterocycles. The van der Waals surface area contributed by atoms with Gasteiger partial charge in [-0.05, 0) is 16.7 Å². The van der Waals surface area contributed by atoms with Gasteiger partial charge < -0.3 is 0 Å². The van der Waals surface area contributed by atoms with Gasteiger partial charge >= 0.3 is 0 Å². The van der Waals surface area contributed by atoms with Crippen LogP contribution >= 0.6 is 0 Å². The topological polar surface area (TPSA) is 129 Å². The van der Waals surface area contributed by atoms with Crippen molar-refractivity contribution in [3.63, 3.8) is 0 Å². The molecule has 0 spiro atoms.